The molecule has 0 N–H and O–H groups in total. The van der Waals surface area contributed by atoms with Gasteiger partial charge in [-0.05, 0) is 52.4 Å². The lowest BCUT2D eigenvalue weighted by molar-refractivity contribution is 0.327. The molecule has 5 unspecified atom stereocenters. The van der Waals surface area contributed by atoms with E-state index in [9.17, 15) is 0 Å². The summed E-state index contributed by atoms with van der Waals surface area (Å²) in [5.41, 5.74) is 0. The van der Waals surface area contributed by atoms with E-state index in [0.717, 1.165) is 0 Å². The Hall–Kier alpha value is 1.28. The first kappa shape index (κ1) is 23.3. The Morgan fingerprint density at radius 3 is 1.36 bits per heavy atom. The molecular formula is C9H34O6Si7. The fraction of sp³-hybridized carbons (Fsp3) is 1.00. The average Bonchev–Trinajstić information content (AvgIpc) is 2.24. The Morgan fingerprint density at radius 2 is 1.00 bits per heavy atom. The number of hydrogen-bond donors (Lipinski definition) is 0. The first-order valence-corrected chi connectivity index (χ1v) is 23.8. The third-order valence-electron chi connectivity index (χ3n) is 2.45. The minimum atomic E-state index is -1.68. The summed E-state index contributed by atoms with van der Waals surface area (Å²) in [6.45, 7) is 19.0. The van der Waals surface area contributed by atoms with Crippen LogP contribution in [-0.4, -0.2) is 64.5 Å². The molecule has 0 radical (unpaired) electrons. The van der Waals surface area contributed by atoms with Crippen LogP contribution in [0.3, 0.4) is 0 Å². The second kappa shape index (κ2) is 11.8. The Labute approximate surface area is 148 Å². The third-order valence-corrected chi connectivity index (χ3v) is 22.1. The van der Waals surface area contributed by atoms with Crippen molar-refractivity contribution in [2.24, 2.45) is 0 Å². The van der Waals surface area contributed by atoms with E-state index in [0.29, 0.717) is 0 Å². The molecule has 0 aliphatic heterocycles. The van der Waals surface area contributed by atoms with Gasteiger partial charge in [0.25, 0.3) is 46.4 Å². The van der Waals surface area contributed by atoms with Crippen molar-refractivity contribution in [3.05, 3.63) is 0 Å². The van der Waals surface area contributed by atoms with E-state index < -0.39 is 54.7 Å². The Kier molecular flexibility index (Phi) is 12.5. The standard InChI is InChI=1S/C9H34O6Si7/c1-16-10-17(2)11-18(3)12-19(4)13-20(5)14-21(6)15-22(7,8)9/h17-21H,16H2,1-9H3. The molecule has 0 saturated heterocycles. The molecule has 0 saturated carbocycles. The number of rotatable bonds is 12. The van der Waals surface area contributed by atoms with Gasteiger partial charge in [-0.1, -0.05) is 6.55 Å². The molecule has 5 atom stereocenters. The first-order valence-electron chi connectivity index (χ1n) is 7.94. The molecule has 13 heteroatoms. The average molecular weight is 435 g/mol. The van der Waals surface area contributed by atoms with Gasteiger partial charge in [0.05, 0.1) is 0 Å². The van der Waals surface area contributed by atoms with Crippen LogP contribution in [0, 0.1) is 0 Å². The van der Waals surface area contributed by atoms with Gasteiger partial charge in [0.1, 0.15) is 9.76 Å². The molecule has 134 valence electrons. The topological polar surface area (TPSA) is 55.4 Å². The molecule has 0 heterocycles. The van der Waals surface area contributed by atoms with Crippen molar-refractivity contribution >= 4 is 64.5 Å². The summed E-state index contributed by atoms with van der Waals surface area (Å²) < 4.78 is 35.5. The molecule has 0 aliphatic rings. The summed E-state index contributed by atoms with van der Waals surface area (Å²) in [5.74, 6) is 0. The predicted molar refractivity (Wildman–Crippen MR) is 109 cm³/mol. The highest BCUT2D eigenvalue weighted by atomic mass is 28.5. The minimum Gasteiger partial charge on any atom is -0.444 e. The van der Waals surface area contributed by atoms with E-state index in [1.54, 1.807) is 0 Å². The van der Waals surface area contributed by atoms with Crippen LogP contribution in [0.1, 0.15) is 0 Å². The van der Waals surface area contributed by atoms with Gasteiger partial charge in [-0.2, -0.15) is 0 Å². The van der Waals surface area contributed by atoms with Gasteiger partial charge in [0.15, 0.2) is 8.32 Å². The van der Waals surface area contributed by atoms with Crippen molar-refractivity contribution in [1.29, 1.82) is 0 Å². The minimum absolute atomic E-state index is 0.385. The summed E-state index contributed by atoms with van der Waals surface area (Å²) in [6.07, 6.45) is 0. The van der Waals surface area contributed by atoms with Crippen molar-refractivity contribution in [1.82, 2.24) is 0 Å². The highest BCUT2D eigenvalue weighted by Gasteiger charge is 2.24. The zero-order chi connectivity index (χ0) is 17.3. The van der Waals surface area contributed by atoms with Crippen LogP contribution in [0.2, 0.25) is 58.9 Å². The summed E-state index contributed by atoms with van der Waals surface area (Å²) >= 11 is 0. The van der Waals surface area contributed by atoms with Gasteiger partial charge in [0.2, 0.25) is 0 Å². The molecule has 22 heavy (non-hydrogen) atoms. The molecule has 0 aromatic rings. The van der Waals surface area contributed by atoms with E-state index in [1.165, 1.54) is 0 Å². The lowest BCUT2D eigenvalue weighted by atomic mass is 11.8. The zero-order valence-electron chi connectivity index (χ0n) is 15.5. The smallest absolute Gasteiger partial charge is 0.300 e. The van der Waals surface area contributed by atoms with Crippen molar-refractivity contribution in [2.75, 3.05) is 0 Å². The lowest BCUT2D eigenvalue weighted by Crippen LogP contribution is -2.42. The van der Waals surface area contributed by atoms with Gasteiger partial charge in [-0.15, -0.1) is 0 Å². The van der Waals surface area contributed by atoms with E-state index in [-0.39, 0.29) is 9.76 Å². The highest BCUT2D eigenvalue weighted by molar-refractivity contribution is 6.77. The van der Waals surface area contributed by atoms with Gasteiger partial charge >= 0.3 is 0 Å². The summed E-state index contributed by atoms with van der Waals surface area (Å²) in [6, 6.07) is 0. The molecule has 0 amide bonds. The number of hydrogen-bond acceptors (Lipinski definition) is 6. The summed E-state index contributed by atoms with van der Waals surface area (Å²) in [7, 11) is -9.92. The van der Waals surface area contributed by atoms with Gasteiger partial charge in [-0.3, -0.25) is 0 Å². The molecular weight excluding hydrogens is 401 g/mol. The zero-order valence-corrected chi connectivity index (χ0v) is 23.7. The van der Waals surface area contributed by atoms with Crippen LogP contribution in [-0.2, 0) is 24.7 Å². The summed E-state index contributed by atoms with van der Waals surface area (Å²) in [4.78, 5) is 0. The summed E-state index contributed by atoms with van der Waals surface area (Å²) in [5, 5.41) is 0. The van der Waals surface area contributed by atoms with E-state index in [1.807, 2.05) is 6.55 Å². The fourth-order valence-corrected chi connectivity index (χ4v) is 20.7. The maximum Gasteiger partial charge on any atom is 0.300 e. The van der Waals surface area contributed by atoms with Gasteiger partial charge in [0, 0.05) is 0 Å². The van der Waals surface area contributed by atoms with E-state index in [2.05, 4.69) is 52.4 Å². The second-order valence-corrected chi connectivity index (χ2v) is 23.2. The fourth-order valence-electron chi connectivity index (χ4n) is 1.98. The molecule has 0 fully saturated rings. The molecule has 0 spiro atoms. The van der Waals surface area contributed by atoms with Crippen LogP contribution in [0.15, 0.2) is 0 Å². The van der Waals surface area contributed by atoms with Crippen LogP contribution < -0.4 is 0 Å². The molecule has 0 aromatic carbocycles. The maximum atomic E-state index is 6.01. The quantitative estimate of drug-likeness (QED) is 0.412. The monoisotopic (exact) mass is 434 g/mol. The largest absolute Gasteiger partial charge is 0.444 e. The molecule has 0 aromatic heterocycles. The van der Waals surface area contributed by atoms with Crippen molar-refractivity contribution in [3.63, 3.8) is 0 Å². The van der Waals surface area contributed by atoms with Crippen molar-refractivity contribution in [3.8, 4) is 0 Å². The predicted octanol–water partition coefficient (Wildman–Crippen LogP) is 0.304. The van der Waals surface area contributed by atoms with Crippen LogP contribution in [0.5, 0.6) is 0 Å². The normalized spacial score (nSPS) is 20.0. The SMILES string of the molecule is C[SiH2]O[SiH](C)O[SiH](C)O[SiH](C)O[SiH](C)O[SiH](C)O[Si](C)(C)C. The Bertz CT molecular complexity index is 294. The van der Waals surface area contributed by atoms with Crippen molar-refractivity contribution in [2.45, 2.75) is 58.9 Å². The van der Waals surface area contributed by atoms with E-state index in [4.69, 9.17) is 24.7 Å². The Morgan fingerprint density at radius 1 is 0.636 bits per heavy atom. The lowest BCUT2D eigenvalue weighted by Gasteiger charge is -2.27. The second-order valence-electron chi connectivity index (χ2n) is 6.07. The Balaban J connectivity index is 4.01. The van der Waals surface area contributed by atoms with Gasteiger partial charge < -0.3 is 24.7 Å². The van der Waals surface area contributed by atoms with Gasteiger partial charge in [-0.25, -0.2) is 0 Å². The highest BCUT2D eigenvalue weighted by Crippen LogP contribution is 2.08. The van der Waals surface area contributed by atoms with Crippen molar-refractivity contribution < 1.29 is 24.7 Å². The first-order chi connectivity index (χ1) is 10.0. The molecule has 0 aliphatic carbocycles. The molecule has 0 bridgehead atoms. The third kappa shape index (κ3) is 13.7. The molecule has 0 rings (SSSR count). The molecule has 6 nitrogen and oxygen atoms in total. The van der Waals surface area contributed by atoms with Crippen LogP contribution >= 0.6 is 0 Å². The maximum absolute atomic E-state index is 6.01. The van der Waals surface area contributed by atoms with Crippen LogP contribution in [0.4, 0.5) is 0 Å². The van der Waals surface area contributed by atoms with E-state index >= 15 is 0 Å². The van der Waals surface area contributed by atoms with Crippen LogP contribution in [0.25, 0.3) is 0 Å².